The summed E-state index contributed by atoms with van der Waals surface area (Å²) in [4.78, 5) is 23.3. The van der Waals surface area contributed by atoms with E-state index in [0.29, 0.717) is 22.0 Å². The highest BCUT2D eigenvalue weighted by atomic mass is 32.1. The number of amides is 2. The first-order valence-corrected chi connectivity index (χ1v) is 8.86. The lowest BCUT2D eigenvalue weighted by atomic mass is 10.1. The van der Waals surface area contributed by atoms with Crippen LogP contribution >= 0.6 is 12.2 Å². The Labute approximate surface area is 166 Å². The minimum Gasteiger partial charge on any atom is -0.484 e. The molecular weight excluding hydrogens is 378 g/mol. The second kappa shape index (κ2) is 8.49. The molecule has 0 aliphatic rings. The molecule has 4 N–H and O–H groups in total. The van der Waals surface area contributed by atoms with Gasteiger partial charge in [-0.2, -0.15) is 5.10 Å². The monoisotopic (exact) mass is 397 g/mol. The van der Waals surface area contributed by atoms with Crippen LogP contribution in [-0.2, 0) is 16.1 Å². The van der Waals surface area contributed by atoms with E-state index >= 15 is 0 Å². The highest BCUT2D eigenvalue weighted by molar-refractivity contribution is 7.71. The largest absolute Gasteiger partial charge is 0.484 e. The van der Waals surface area contributed by atoms with Crippen molar-refractivity contribution >= 4 is 29.7 Å². The number of anilines is 1. The minimum absolute atomic E-state index is 0.00895. The van der Waals surface area contributed by atoms with Gasteiger partial charge in [-0.3, -0.25) is 19.3 Å². The summed E-state index contributed by atoms with van der Waals surface area (Å²) < 4.78 is 7.22. The fraction of sp³-hybridized carbons (Fsp3) is 0.158. The maximum atomic E-state index is 12.5. The first-order chi connectivity index (χ1) is 13.4. The van der Waals surface area contributed by atoms with Gasteiger partial charge in [0, 0.05) is 17.3 Å². The van der Waals surface area contributed by atoms with E-state index in [-0.39, 0.29) is 19.1 Å². The van der Waals surface area contributed by atoms with Gasteiger partial charge in [-0.15, -0.1) is 0 Å². The van der Waals surface area contributed by atoms with Gasteiger partial charge in [-0.25, -0.2) is 0 Å². The van der Waals surface area contributed by atoms with E-state index in [1.54, 1.807) is 28.8 Å². The Morgan fingerprint density at radius 3 is 2.79 bits per heavy atom. The number of aryl methyl sites for hydroxylation is 1. The molecule has 2 amide bonds. The molecular formula is C19H19N5O3S. The highest BCUT2D eigenvalue weighted by Crippen LogP contribution is 2.20. The molecule has 8 nitrogen and oxygen atoms in total. The molecule has 0 saturated heterocycles. The molecule has 0 bridgehead atoms. The zero-order valence-electron chi connectivity index (χ0n) is 15.1. The van der Waals surface area contributed by atoms with Crippen molar-refractivity contribution in [2.24, 2.45) is 5.73 Å². The topological polar surface area (TPSA) is 115 Å². The Bertz CT molecular complexity index is 1070. The van der Waals surface area contributed by atoms with E-state index in [9.17, 15) is 9.59 Å². The number of rotatable bonds is 7. The molecule has 0 spiro atoms. The third-order valence-electron chi connectivity index (χ3n) is 3.84. The summed E-state index contributed by atoms with van der Waals surface area (Å²) >= 11 is 5.27. The first kappa shape index (κ1) is 19.3. The van der Waals surface area contributed by atoms with Gasteiger partial charge >= 0.3 is 0 Å². The van der Waals surface area contributed by atoms with Crippen molar-refractivity contribution in [3.05, 3.63) is 58.9 Å². The van der Waals surface area contributed by atoms with Crippen LogP contribution in [0.2, 0.25) is 0 Å². The number of nitrogens with one attached hydrogen (secondary N) is 2. The average molecular weight is 397 g/mol. The van der Waals surface area contributed by atoms with Gasteiger partial charge in [0.25, 0.3) is 5.91 Å². The molecule has 2 aromatic carbocycles. The molecule has 0 atom stereocenters. The first-order valence-electron chi connectivity index (χ1n) is 8.45. The van der Waals surface area contributed by atoms with Crippen molar-refractivity contribution in [2.75, 3.05) is 11.9 Å². The molecule has 0 aliphatic heterocycles. The molecule has 1 heterocycles. The number of H-pyrrole nitrogens is 1. The van der Waals surface area contributed by atoms with E-state index in [2.05, 4.69) is 15.5 Å². The minimum atomic E-state index is -0.576. The Kier molecular flexibility index (Phi) is 5.85. The van der Waals surface area contributed by atoms with Crippen LogP contribution in [0, 0.1) is 11.7 Å². The summed E-state index contributed by atoms with van der Waals surface area (Å²) in [5.74, 6) is 0.158. The van der Waals surface area contributed by atoms with E-state index in [1.807, 2.05) is 31.2 Å². The lowest BCUT2D eigenvalue weighted by Gasteiger charge is -2.10. The molecule has 0 saturated carbocycles. The molecule has 144 valence electrons. The second-order valence-corrected chi connectivity index (χ2v) is 6.53. The number of carbonyl (C=O) groups is 2. The third-order valence-corrected chi connectivity index (χ3v) is 4.15. The van der Waals surface area contributed by atoms with Gasteiger partial charge in [0.05, 0.1) is 0 Å². The van der Waals surface area contributed by atoms with Crippen molar-refractivity contribution < 1.29 is 14.3 Å². The summed E-state index contributed by atoms with van der Waals surface area (Å²) in [7, 11) is 0. The summed E-state index contributed by atoms with van der Waals surface area (Å²) in [5, 5.41) is 9.76. The van der Waals surface area contributed by atoms with Crippen LogP contribution in [0.25, 0.3) is 11.4 Å². The van der Waals surface area contributed by atoms with Crippen LogP contribution in [0.3, 0.4) is 0 Å². The van der Waals surface area contributed by atoms with Crippen molar-refractivity contribution in [2.45, 2.75) is 13.5 Å². The van der Waals surface area contributed by atoms with Crippen molar-refractivity contribution in [1.29, 1.82) is 0 Å². The molecule has 9 heteroatoms. The Morgan fingerprint density at radius 1 is 1.25 bits per heavy atom. The van der Waals surface area contributed by atoms with E-state index in [0.717, 1.165) is 11.1 Å². The molecule has 3 aromatic rings. The molecule has 0 radical (unpaired) electrons. The van der Waals surface area contributed by atoms with Crippen molar-refractivity contribution in [1.82, 2.24) is 14.8 Å². The molecule has 1 aromatic heterocycles. The molecule has 0 aliphatic carbocycles. The standard InChI is InChI=1S/C19H19N5O3S/c1-12-4-2-5-13(8-12)18-22-23-19(28)24(18)10-17(26)21-14-6-3-7-15(9-14)27-11-16(20)25/h2-9H,10-11H2,1H3,(H2,20,25)(H,21,26)(H,23,28). The lowest BCUT2D eigenvalue weighted by Crippen LogP contribution is -2.21. The number of primary amides is 1. The summed E-state index contributed by atoms with van der Waals surface area (Å²) in [6.07, 6.45) is 0. The second-order valence-electron chi connectivity index (χ2n) is 6.14. The fourth-order valence-corrected chi connectivity index (χ4v) is 2.83. The predicted molar refractivity (Wildman–Crippen MR) is 107 cm³/mol. The number of aromatic nitrogens is 3. The Balaban J connectivity index is 1.74. The highest BCUT2D eigenvalue weighted by Gasteiger charge is 2.13. The maximum Gasteiger partial charge on any atom is 0.255 e. The van der Waals surface area contributed by atoms with Crippen LogP contribution in [0.4, 0.5) is 5.69 Å². The zero-order chi connectivity index (χ0) is 20.1. The zero-order valence-corrected chi connectivity index (χ0v) is 16.0. The number of benzene rings is 2. The summed E-state index contributed by atoms with van der Waals surface area (Å²) in [6.45, 7) is 1.74. The average Bonchev–Trinajstić information content (AvgIpc) is 3.01. The quantitative estimate of drug-likeness (QED) is 0.530. The molecule has 0 unspecified atom stereocenters. The Hall–Kier alpha value is -3.46. The van der Waals surface area contributed by atoms with Crippen LogP contribution in [0.1, 0.15) is 5.56 Å². The number of hydrogen-bond acceptors (Lipinski definition) is 5. The van der Waals surface area contributed by atoms with Crippen LogP contribution in [0.15, 0.2) is 48.5 Å². The maximum absolute atomic E-state index is 12.5. The van der Waals surface area contributed by atoms with Crippen LogP contribution in [-0.4, -0.2) is 33.2 Å². The number of aromatic amines is 1. The number of nitrogens with zero attached hydrogens (tertiary/aromatic N) is 2. The molecule has 3 rings (SSSR count). The van der Waals surface area contributed by atoms with Crippen molar-refractivity contribution in [3.8, 4) is 17.1 Å². The van der Waals surface area contributed by atoms with Gasteiger partial charge in [-0.05, 0) is 37.3 Å². The fourth-order valence-electron chi connectivity index (χ4n) is 2.63. The van der Waals surface area contributed by atoms with E-state index in [1.165, 1.54) is 0 Å². The van der Waals surface area contributed by atoms with Gasteiger partial charge in [0.2, 0.25) is 5.91 Å². The van der Waals surface area contributed by atoms with Crippen LogP contribution in [0.5, 0.6) is 5.75 Å². The van der Waals surface area contributed by atoms with Crippen LogP contribution < -0.4 is 15.8 Å². The number of hydrogen-bond donors (Lipinski definition) is 3. The smallest absolute Gasteiger partial charge is 0.255 e. The number of nitrogens with two attached hydrogens (primary N) is 1. The van der Waals surface area contributed by atoms with Gasteiger partial charge in [0.15, 0.2) is 17.2 Å². The van der Waals surface area contributed by atoms with Gasteiger partial charge < -0.3 is 15.8 Å². The summed E-state index contributed by atoms with van der Waals surface area (Å²) in [5.41, 5.74) is 7.53. The Morgan fingerprint density at radius 2 is 2.04 bits per heavy atom. The SMILES string of the molecule is Cc1cccc(-c2n[nH]c(=S)n2CC(=O)Nc2cccc(OCC(N)=O)c2)c1. The third kappa shape index (κ3) is 4.83. The normalized spacial score (nSPS) is 10.5. The lowest BCUT2D eigenvalue weighted by molar-refractivity contribution is -0.120. The van der Waals surface area contributed by atoms with Gasteiger partial charge in [-0.1, -0.05) is 29.8 Å². The predicted octanol–water partition coefficient (Wildman–Crippen LogP) is 2.42. The van der Waals surface area contributed by atoms with E-state index in [4.69, 9.17) is 22.7 Å². The van der Waals surface area contributed by atoms with E-state index < -0.39 is 5.91 Å². The summed E-state index contributed by atoms with van der Waals surface area (Å²) in [6, 6.07) is 14.5. The number of carbonyl (C=O) groups excluding carboxylic acids is 2. The molecule has 28 heavy (non-hydrogen) atoms. The van der Waals surface area contributed by atoms with Crippen molar-refractivity contribution in [3.63, 3.8) is 0 Å². The molecule has 0 fully saturated rings. The van der Waals surface area contributed by atoms with Gasteiger partial charge in [0.1, 0.15) is 12.3 Å². The number of ether oxygens (including phenoxy) is 1.